The molecule has 0 spiro atoms. The van der Waals surface area contributed by atoms with E-state index in [1.54, 1.807) is 25.4 Å². The normalized spacial score (nSPS) is 10.8. The molecule has 0 saturated carbocycles. The standard InChI is InChI=1S/C18H18N4O3S/c1-25-11-10-19-15(23)12-26-18-21-16-14(8-5-9-20-16)17(24)22(18)13-6-3-2-4-7-13/h2-9H,10-12H2,1H3,(H,19,23). The van der Waals surface area contributed by atoms with Gasteiger partial charge in [0.15, 0.2) is 10.8 Å². The van der Waals surface area contributed by atoms with Gasteiger partial charge in [0.2, 0.25) is 5.91 Å². The van der Waals surface area contributed by atoms with Gasteiger partial charge in [-0.05, 0) is 24.3 Å². The molecule has 0 aliphatic rings. The van der Waals surface area contributed by atoms with Crippen molar-refractivity contribution < 1.29 is 9.53 Å². The molecule has 0 aliphatic carbocycles. The fraction of sp³-hybridized carbons (Fsp3) is 0.222. The molecule has 3 aromatic rings. The maximum Gasteiger partial charge on any atom is 0.268 e. The van der Waals surface area contributed by atoms with E-state index in [2.05, 4.69) is 15.3 Å². The number of nitrogens with one attached hydrogen (secondary N) is 1. The third-order valence-electron chi connectivity index (χ3n) is 3.59. The van der Waals surface area contributed by atoms with Crippen molar-refractivity contribution in [3.8, 4) is 5.69 Å². The topological polar surface area (TPSA) is 86.1 Å². The monoisotopic (exact) mass is 370 g/mol. The van der Waals surface area contributed by atoms with Crippen LogP contribution in [0.3, 0.4) is 0 Å². The molecule has 8 heteroatoms. The zero-order chi connectivity index (χ0) is 18.4. The van der Waals surface area contributed by atoms with Crippen LogP contribution in [0.25, 0.3) is 16.7 Å². The van der Waals surface area contributed by atoms with Crippen LogP contribution in [0.15, 0.2) is 58.6 Å². The number of fused-ring (bicyclic) bond motifs is 1. The Morgan fingerprint density at radius 2 is 2.04 bits per heavy atom. The van der Waals surface area contributed by atoms with Gasteiger partial charge in [-0.15, -0.1) is 0 Å². The number of thioether (sulfide) groups is 1. The predicted octanol–water partition coefficient (Wildman–Crippen LogP) is 1.64. The molecule has 0 fully saturated rings. The highest BCUT2D eigenvalue weighted by atomic mass is 32.2. The van der Waals surface area contributed by atoms with Gasteiger partial charge < -0.3 is 10.1 Å². The van der Waals surface area contributed by atoms with Gasteiger partial charge in [0.05, 0.1) is 23.4 Å². The van der Waals surface area contributed by atoms with Gasteiger partial charge in [-0.3, -0.25) is 14.2 Å². The summed E-state index contributed by atoms with van der Waals surface area (Å²) in [5, 5.41) is 3.61. The highest BCUT2D eigenvalue weighted by Gasteiger charge is 2.15. The minimum absolute atomic E-state index is 0.140. The molecular formula is C18H18N4O3S. The number of methoxy groups -OCH3 is 1. The minimum Gasteiger partial charge on any atom is -0.383 e. The largest absolute Gasteiger partial charge is 0.383 e. The summed E-state index contributed by atoms with van der Waals surface area (Å²) in [5.41, 5.74) is 0.849. The van der Waals surface area contributed by atoms with Crippen molar-refractivity contribution in [2.45, 2.75) is 5.16 Å². The Bertz CT molecular complexity index is 960. The van der Waals surface area contributed by atoms with Gasteiger partial charge in [-0.25, -0.2) is 9.97 Å². The van der Waals surface area contributed by atoms with Gasteiger partial charge in [0.25, 0.3) is 5.56 Å². The molecule has 0 bridgehead atoms. The summed E-state index contributed by atoms with van der Waals surface area (Å²) in [5.74, 6) is -0.0107. The lowest BCUT2D eigenvalue weighted by Gasteiger charge is -2.12. The first kappa shape index (κ1) is 18.1. The summed E-state index contributed by atoms with van der Waals surface area (Å²) in [7, 11) is 1.57. The summed E-state index contributed by atoms with van der Waals surface area (Å²) in [6, 6.07) is 12.6. The van der Waals surface area contributed by atoms with Gasteiger partial charge >= 0.3 is 0 Å². The number of amides is 1. The Kier molecular flexibility index (Phi) is 5.98. The fourth-order valence-corrected chi connectivity index (χ4v) is 3.21. The van der Waals surface area contributed by atoms with Crippen LogP contribution in [0.5, 0.6) is 0 Å². The first-order valence-corrected chi connectivity index (χ1v) is 9.01. The second kappa shape index (κ2) is 8.59. The number of aromatic nitrogens is 3. The minimum atomic E-state index is -0.211. The van der Waals surface area contributed by atoms with Crippen LogP contribution in [-0.4, -0.2) is 46.5 Å². The fourth-order valence-electron chi connectivity index (χ4n) is 2.38. The molecule has 1 aromatic carbocycles. The molecule has 0 atom stereocenters. The number of hydrogen-bond acceptors (Lipinski definition) is 6. The third kappa shape index (κ3) is 4.09. The lowest BCUT2D eigenvalue weighted by atomic mass is 10.3. The lowest BCUT2D eigenvalue weighted by molar-refractivity contribution is -0.118. The maximum atomic E-state index is 13.0. The third-order valence-corrected chi connectivity index (χ3v) is 4.53. The van der Waals surface area contributed by atoms with E-state index >= 15 is 0 Å². The molecule has 0 unspecified atom stereocenters. The van der Waals surface area contributed by atoms with E-state index in [0.29, 0.717) is 35.0 Å². The highest BCUT2D eigenvalue weighted by molar-refractivity contribution is 7.99. The van der Waals surface area contributed by atoms with Crippen LogP contribution in [0, 0.1) is 0 Å². The number of ether oxygens (including phenoxy) is 1. The molecule has 134 valence electrons. The Morgan fingerprint density at radius 3 is 2.81 bits per heavy atom. The van der Waals surface area contributed by atoms with Crippen molar-refractivity contribution >= 4 is 28.7 Å². The predicted molar refractivity (Wildman–Crippen MR) is 101 cm³/mol. The highest BCUT2D eigenvalue weighted by Crippen LogP contribution is 2.20. The second-order valence-corrected chi connectivity index (χ2v) is 6.32. The van der Waals surface area contributed by atoms with Crippen molar-refractivity contribution in [3.05, 3.63) is 59.0 Å². The second-order valence-electron chi connectivity index (χ2n) is 5.38. The van der Waals surface area contributed by atoms with Crippen LogP contribution in [0.2, 0.25) is 0 Å². The zero-order valence-electron chi connectivity index (χ0n) is 14.2. The average Bonchev–Trinajstić information content (AvgIpc) is 2.67. The Morgan fingerprint density at radius 1 is 1.23 bits per heavy atom. The van der Waals surface area contributed by atoms with E-state index in [9.17, 15) is 9.59 Å². The molecule has 1 amide bonds. The van der Waals surface area contributed by atoms with Crippen molar-refractivity contribution in [1.82, 2.24) is 19.9 Å². The SMILES string of the molecule is COCCNC(=O)CSc1nc2ncccc2c(=O)n1-c1ccccc1. The molecule has 0 radical (unpaired) electrons. The molecule has 1 N–H and O–H groups in total. The van der Waals surface area contributed by atoms with Crippen molar-refractivity contribution in [3.63, 3.8) is 0 Å². The number of carbonyl (C=O) groups excluding carboxylic acids is 1. The summed E-state index contributed by atoms with van der Waals surface area (Å²) in [6.07, 6.45) is 1.59. The number of rotatable bonds is 7. The summed E-state index contributed by atoms with van der Waals surface area (Å²) in [6.45, 7) is 0.886. The molecule has 0 saturated heterocycles. The molecule has 0 aliphatic heterocycles. The zero-order valence-corrected chi connectivity index (χ0v) is 15.0. The van der Waals surface area contributed by atoms with E-state index < -0.39 is 0 Å². The van der Waals surface area contributed by atoms with Gasteiger partial charge in [0, 0.05) is 19.9 Å². The number of pyridine rings is 1. The summed E-state index contributed by atoms with van der Waals surface area (Å²) >= 11 is 1.20. The number of nitrogens with zero attached hydrogens (tertiary/aromatic N) is 3. The lowest BCUT2D eigenvalue weighted by Crippen LogP contribution is -2.29. The Labute approximate surface area is 154 Å². The van der Waals surface area contributed by atoms with Crippen molar-refractivity contribution in [1.29, 1.82) is 0 Å². The molecule has 3 rings (SSSR count). The first-order chi connectivity index (χ1) is 12.7. The average molecular weight is 370 g/mol. The van der Waals surface area contributed by atoms with Crippen molar-refractivity contribution in [2.75, 3.05) is 26.0 Å². The van der Waals surface area contributed by atoms with Crippen LogP contribution < -0.4 is 10.9 Å². The Hall–Kier alpha value is -2.71. The molecule has 2 heterocycles. The van der Waals surface area contributed by atoms with Crippen LogP contribution in [-0.2, 0) is 9.53 Å². The number of para-hydroxylation sites is 1. The van der Waals surface area contributed by atoms with Crippen LogP contribution in [0.4, 0.5) is 0 Å². The summed E-state index contributed by atoms with van der Waals surface area (Å²) in [4.78, 5) is 33.6. The van der Waals surface area contributed by atoms with Gasteiger partial charge in [-0.2, -0.15) is 0 Å². The van der Waals surface area contributed by atoms with E-state index in [1.165, 1.54) is 16.3 Å². The van der Waals surface area contributed by atoms with Gasteiger partial charge in [0.1, 0.15) is 0 Å². The summed E-state index contributed by atoms with van der Waals surface area (Å²) < 4.78 is 6.42. The molecule has 7 nitrogen and oxygen atoms in total. The van der Waals surface area contributed by atoms with E-state index in [4.69, 9.17) is 4.74 Å². The molecule has 2 aromatic heterocycles. The van der Waals surface area contributed by atoms with E-state index in [0.717, 1.165) is 0 Å². The van der Waals surface area contributed by atoms with Crippen LogP contribution >= 0.6 is 11.8 Å². The van der Waals surface area contributed by atoms with Gasteiger partial charge in [-0.1, -0.05) is 30.0 Å². The quantitative estimate of drug-likeness (QED) is 0.387. The number of benzene rings is 1. The van der Waals surface area contributed by atoms with E-state index in [1.807, 2.05) is 30.3 Å². The smallest absolute Gasteiger partial charge is 0.268 e. The molecular weight excluding hydrogens is 352 g/mol. The van der Waals surface area contributed by atoms with Crippen molar-refractivity contribution in [2.24, 2.45) is 0 Å². The maximum absolute atomic E-state index is 13.0. The molecule has 26 heavy (non-hydrogen) atoms. The number of carbonyl (C=O) groups is 1. The number of hydrogen-bond donors (Lipinski definition) is 1. The van der Waals surface area contributed by atoms with Crippen LogP contribution in [0.1, 0.15) is 0 Å². The first-order valence-electron chi connectivity index (χ1n) is 8.02. The van der Waals surface area contributed by atoms with E-state index in [-0.39, 0.29) is 17.2 Å². The Balaban J connectivity index is 1.95.